The molecule has 0 bridgehead atoms. The van der Waals surface area contributed by atoms with Crippen molar-refractivity contribution in [2.24, 2.45) is 0 Å². The lowest BCUT2D eigenvalue weighted by molar-refractivity contribution is 0.282. The van der Waals surface area contributed by atoms with Crippen molar-refractivity contribution in [3.8, 4) is 0 Å². The summed E-state index contributed by atoms with van der Waals surface area (Å²) in [5.41, 5.74) is 3.19. The van der Waals surface area contributed by atoms with Crippen LogP contribution in [0.4, 0.5) is 5.69 Å². The first-order chi connectivity index (χ1) is 8.20. The molecule has 0 atom stereocenters. The van der Waals surface area contributed by atoms with Crippen LogP contribution in [0.25, 0.3) is 0 Å². The summed E-state index contributed by atoms with van der Waals surface area (Å²) in [6, 6.07) is 9.99. The Morgan fingerprint density at radius 2 is 2.12 bits per heavy atom. The molecule has 2 N–H and O–H groups in total. The van der Waals surface area contributed by atoms with Gasteiger partial charge in [0.2, 0.25) is 0 Å². The molecule has 0 saturated heterocycles. The number of aliphatic hydroxyl groups excluding tert-OH is 1. The summed E-state index contributed by atoms with van der Waals surface area (Å²) in [6.45, 7) is 2.94. The van der Waals surface area contributed by atoms with Crippen LogP contribution in [0.5, 0.6) is 0 Å². The van der Waals surface area contributed by atoms with Gasteiger partial charge in [-0.15, -0.1) is 11.3 Å². The Balaban J connectivity index is 2.07. The van der Waals surface area contributed by atoms with Crippen molar-refractivity contribution in [3.63, 3.8) is 0 Å². The van der Waals surface area contributed by atoms with Crippen LogP contribution in [-0.2, 0) is 13.2 Å². The highest BCUT2D eigenvalue weighted by Crippen LogP contribution is 2.28. The molecule has 90 valence electrons. The van der Waals surface area contributed by atoms with Crippen molar-refractivity contribution in [3.05, 3.63) is 50.1 Å². The predicted octanol–water partition coefficient (Wildman–Crippen LogP) is 3.92. The lowest BCUT2D eigenvalue weighted by Crippen LogP contribution is -2.00. The monoisotopic (exact) mass is 311 g/mol. The van der Waals surface area contributed by atoms with Crippen LogP contribution < -0.4 is 5.32 Å². The van der Waals surface area contributed by atoms with Crippen LogP contribution in [0.15, 0.2) is 34.1 Å². The van der Waals surface area contributed by atoms with Gasteiger partial charge in [0.1, 0.15) is 0 Å². The smallest absolute Gasteiger partial charge is 0.0731 e. The molecule has 0 radical (unpaired) electrons. The highest BCUT2D eigenvalue weighted by atomic mass is 79.9. The SMILES string of the molecule is Cc1cc(CNc2ccccc2CO)sc1Br. The maximum Gasteiger partial charge on any atom is 0.0731 e. The quantitative estimate of drug-likeness (QED) is 0.897. The molecular weight excluding hydrogens is 298 g/mol. The first-order valence-corrected chi connectivity index (χ1v) is 6.99. The van der Waals surface area contributed by atoms with Gasteiger partial charge in [-0.3, -0.25) is 0 Å². The number of benzene rings is 1. The lowest BCUT2D eigenvalue weighted by Gasteiger charge is -2.09. The number of halogens is 1. The van der Waals surface area contributed by atoms with Crippen LogP contribution >= 0.6 is 27.3 Å². The van der Waals surface area contributed by atoms with Crippen LogP contribution in [0.1, 0.15) is 16.0 Å². The normalized spacial score (nSPS) is 10.5. The minimum absolute atomic E-state index is 0.0658. The summed E-state index contributed by atoms with van der Waals surface area (Å²) in [6.07, 6.45) is 0. The second kappa shape index (κ2) is 5.67. The zero-order chi connectivity index (χ0) is 12.3. The largest absolute Gasteiger partial charge is 0.392 e. The van der Waals surface area contributed by atoms with Crippen LogP contribution in [-0.4, -0.2) is 5.11 Å². The summed E-state index contributed by atoms with van der Waals surface area (Å²) in [4.78, 5) is 1.28. The second-order valence-electron chi connectivity index (χ2n) is 3.84. The van der Waals surface area contributed by atoms with Gasteiger partial charge in [0.15, 0.2) is 0 Å². The van der Waals surface area contributed by atoms with Gasteiger partial charge in [0, 0.05) is 22.7 Å². The van der Waals surface area contributed by atoms with Gasteiger partial charge in [-0.2, -0.15) is 0 Å². The average Bonchev–Trinajstić information content (AvgIpc) is 2.66. The first-order valence-electron chi connectivity index (χ1n) is 5.38. The highest BCUT2D eigenvalue weighted by molar-refractivity contribution is 9.11. The third-order valence-corrected chi connectivity index (χ3v) is 4.69. The number of aryl methyl sites for hydroxylation is 1. The fourth-order valence-electron chi connectivity index (χ4n) is 1.62. The molecule has 2 aromatic rings. The molecule has 0 aliphatic rings. The minimum atomic E-state index is 0.0658. The number of aliphatic hydroxyl groups is 1. The average molecular weight is 312 g/mol. The molecule has 1 aromatic carbocycles. The Labute approximate surface area is 113 Å². The molecule has 0 aliphatic carbocycles. The molecule has 0 spiro atoms. The zero-order valence-corrected chi connectivity index (χ0v) is 11.9. The minimum Gasteiger partial charge on any atom is -0.392 e. The van der Waals surface area contributed by atoms with Crippen molar-refractivity contribution in [1.82, 2.24) is 0 Å². The molecule has 1 heterocycles. The van der Waals surface area contributed by atoms with Crippen LogP contribution in [0.2, 0.25) is 0 Å². The number of thiophene rings is 1. The van der Waals surface area contributed by atoms with E-state index in [2.05, 4.69) is 34.2 Å². The van der Waals surface area contributed by atoms with Crippen molar-refractivity contribution < 1.29 is 5.11 Å². The third-order valence-electron chi connectivity index (χ3n) is 2.55. The van der Waals surface area contributed by atoms with E-state index in [4.69, 9.17) is 0 Å². The molecule has 2 rings (SSSR count). The Morgan fingerprint density at radius 1 is 1.35 bits per heavy atom. The summed E-state index contributed by atoms with van der Waals surface area (Å²) in [7, 11) is 0. The summed E-state index contributed by atoms with van der Waals surface area (Å²) >= 11 is 5.26. The Bertz CT molecular complexity index is 490. The van der Waals surface area contributed by atoms with Gasteiger partial charge >= 0.3 is 0 Å². The van der Waals surface area contributed by atoms with E-state index in [1.165, 1.54) is 14.2 Å². The van der Waals surface area contributed by atoms with Crippen molar-refractivity contribution in [1.29, 1.82) is 0 Å². The van der Waals surface area contributed by atoms with E-state index in [0.29, 0.717) is 0 Å². The standard InChI is InChI=1S/C13H14BrNOS/c1-9-6-11(17-13(9)14)7-15-12-5-3-2-4-10(12)8-16/h2-6,15-16H,7-8H2,1H3. The van der Waals surface area contributed by atoms with E-state index in [-0.39, 0.29) is 6.61 Å². The van der Waals surface area contributed by atoms with Crippen LogP contribution in [0.3, 0.4) is 0 Å². The predicted molar refractivity (Wildman–Crippen MR) is 76.4 cm³/mol. The van der Waals surface area contributed by atoms with Crippen molar-refractivity contribution >= 4 is 33.0 Å². The summed E-state index contributed by atoms with van der Waals surface area (Å²) < 4.78 is 1.18. The number of anilines is 1. The number of para-hydroxylation sites is 1. The molecule has 4 heteroatoms. The molecule has 0 fully saturated rings. The van der Waals surface area contributed by atoms with E-state index >= 15 is 0 Å². The van der Waals surface area contributed by atoms with E-state index in [0.717, 1.165) is 17.8 Å². The van der Waals surface area contributed by atoms with E-state index < -0.39 is 0 Å². The van der Waals surface area contributed by atoms with E-state index in [1.807, 2.05) is 24.3 Å². The van der Waals surface area contributed by atoms with Gasteiger partial charge < -0.3 is 10.4 Å². The number of hydrogen-bond donors (Lipinski definition) is 2. The highest BCUT2D eigenvalue weighted by Gasteiger charge is 2.04. The molecule has 0 unspecified atom stereocenters. The molecule has 0 amide bonds. The molecule has 0 saturated carbocycles. The van der Waals surface area contributed by atoms with Gasteiger partial charge in [0.25, 0.3) is 0 Å². The number of hydrogen-bond acceptors (Lipinski definition) is 3. The summed E-state index contributed by atoms with van der Waals surface area (Å²) in [5.74, 6) is 0. The second-order valence-corrected chi connectivity index (χ2v) is 6.29. The van der Waals surface area contributed by atoms with Gasteiger partial charge in [-0.1, -0.05) is 18.2 Å². The van der Waals surface area contributed by atoms with Crippen molar-refractivity contribution in [2.75, 3.05) is 5.32 Å². The molecule has 17 heavy (non-hydrogen) atoms. The zero-order valence-electron chi connectivity index (χ0n) is 9.53. The number of rotatable bonds is 4. The lowest BCUT2D eigenvalue weighted by atomic mass is 10.2. The Kier molecular flexibility index (Phi) is 4.20. The van der Waals surface area contributed by atoms with E-state index in [9.17, 15) is 5.11 Å². The molecule has 2 nitrogen and oxygen atoms in total. The summed E-state index contributed by atoms with van der Waals surface area (Å²) in [5, 5.41) is 12.6. The van der Waals surface area contributed by atoms with Gasteiger partial charge in [-0.05, 0) is 40.5 Å². The molecular formula is C13H14BrNOS. The van der Waals surface area contributed by atoms with Gasteiger partial charge in [-0.25, -0.2) is 0 Å². The maximum atomic E-state index is 9.22. The third kappa shape index (κ3) is 3.09. The molecule has 0 aliphatic heterocycles. The molecule has 1 aromatic heterocycles. The van der Waals surface area contributed by atoms with Crippen LogP contribution in [0, 0.1) is 6.92 Å². The topological polar surface area (TPSA) is 32.3 Å². The first kappa shape index (κ1) is 12.6. The maximum absolute atomic E-state index is 9.22. The van der Waals surface area contributed by atoms with Crippen molar-refractivity contribution in [2.45, 2.75) is 20.1 Å². The fourth-order valence-corrected chi connectivity index (χ4v) is 3.19. The van der Waals surface area contributed by atoms with E-state index in [1.54, 1.807) is 11.3 Å². The Hall–Kier alpha value is -0.840. The van der Waals surface area contributed by atoms with Gasteiger partial charge in [0.05, 0.1) is 10.4 Å². The Morgan fingerprint density at radius 3 is 2.76 bits per heavy atom. The number of nitrogens with one attached hydrogen (secondary N) is 1. The fraction of sp³-hybridized carbons (Fsp3) is 0.231.